The molecule has 1 fully saturated rings. The lowest BCUT2D eigenvalue weighted by Crippen LogP contribution is -2.24. The molecule has 0 spiro atoms. The minimum absolute atomic E-state index is 0.0297. The van der Waals surface area contributed by atoms with Gasteiger partial charge in [-0.15, -0.1) is 0 Å². The van der Waals surface area contributed by atoms with Crippen molar-refractivity contribution >= 4 is 16.9 Å². The summed E-state index contributed by atoms with van der Waals surface area (Å²) < 4.78 is 16.4. The average molecular weight is 342 g/mol. The van der Waals surface area contributed by atoms with Gasteiger partial charge in [0.05, 0.1) is 0 Å². The summed E-state index contributed by atoms with van der Waals surface area (Å²) in [6.07, 6.45) is 8.06. The number of esters is 1. The number of ether oxygens (including phenoxy) is 2. The zero-order valence-corrected chi connectivity index (χ0v) is 14.2. The van der Waals surface area contributed by atoms with Gasteiger partial charge in [0.15, 0.2) is 6.61 Å². The number of carbonyl (C=O) groups excluding carboxylic acids is 1. The summed E-state index contributed by atoms with van der Waals surface area (Å²) >= 11 is 0. The van der Waals surface area contributed by atoms with Crippen LogP contribution in [0.25, 0.3) is 11.0 Å². The lowest BCUT2D eigenvalue weighted by Gasteiger charge is -2.21. The van der Waals surface area contributed by atoms with E-state index in [4.69, 9.17) is 13.9 Å². The number of carbonyl (C=O) groups is 1. The maximum Gasteiger partial charge on any atom is 0.344 e. The van der Waals surface area contributed by atoms with E-state index < -0.39 is 0 Å². The first-order valence-corrected chi connectivity index (χ1v) is 9.11. The van der Waals surface area contributed by atoms with Gasteiger partial charge in [-0.05, 0) is 62.6 Å². The molecule has 0 N–H and O–H groups in total. The van der Waals surface area contributed by atoms with E-state index in [-0.39, 0.29) is 24.3 Å². The highest BCUT2D eigenvalue weighted by Crippen LogP contribution is 2.29. The van der Waals surface area contributed by atoms with Crippen LogP contribution in [0.3, 0.4) is 0 Å². The van der Waals surface area contributed by atoms with Gasteiger partial charge < -0.3 is 13.9 Å². The van der Waals surface area contributed by atoms with Crippen molar-refractivity contribution < 1.29 is 18.7 Å². The Kier molecular flexibility index (Phi) is 4.47. The van der Waals surface area contributed by atoms with Gasteiger partial charge in [-0.2, -0.15) is 0 Å². The molecule has 0 atom stereocenters. The van der Waals surface area contributed by atoms with E-state index >= 15 is 0 Å². The van der Waals surface area contributed by atoms with Crippen molar-refractivity contribution in [2.45, 2.75) is 57.5 Å². The monoisotopic (exact) mass is 342 g/mol. The van der Waals surface area contributed by atoms with Crippen LogP contribution in [0.15, 0.2) is 27.4 Å². The van der Waals surface area contributed by atoms with Gasteiger partial charge in [0, 0.05) is 17.0 Å². The predicted molar refractivity (Wildman–Crippen MR) is 93.0 cm³/mol. The Bertz CT molecular complexity index is 845. The molecular weight excluding hydrogens is 320 g/mol. The highest BCUT2D eigenvalue weighted by atomic mass is 16.6. The van der Waals surface area contributed by atoms with Crippen LogP contribution in [0.2, 0.25) is 0 Å². The van der Waals surface area contributed by atoms with Crippen LogP contribution >= 0.6 is 0 Å². The van der Waals surface area contributed by atoms with Crippen molar-refractivity contribution in [2.75, 3.05) is 6.61 Å². The summed E-state index contributed by atoms with van der Waals surface area (Å²) in [6.45, 7) is -0.128. The Balaban J connectivity index is 1.44. The standard InChI is InChI=1S/C20H22O5/c21-19(24-13-5-2-1-3-6-13)12-23-14-9-10-16-15-7-4-8-17(15)20(22)25-18(16)11-14/h9-11,13H,1-8,12H2. The molecule has 5 heteroatoms. The first-order valence-electron chi connectivity index (χ1n) is 9.11. The summed E-state index contributed by atoms with van der Waals surface area (Å²) in [4.78, 5) is 24.0. The maximum absolute atomic E-state index is 12.0. The van der Waals surface area contributed by atoms with Gasteiger partial charge in [0.1, 0.15) is 17.4 Å². The third kappa shape index (κ3) is 3.41. The average Bonchev–Trinajstić information content (AvgIpc) is 3.11. The van der Waals surface area contributed by atoms with Crippen LogP contribution in [-0.4, -0.2) is 18.7 Å². The van der Waals surface area contributed by atoms with Crippen LogP contribution in [0, 0.1) is 0 Å². The zero-order valence-electron chi connectivity index (χ0n) is 14.2. The van der Waals surface area contributed by atoms with Gasteiger partial charge in [-0.1, -0.05) is 6.42 Å². The van der Waals surface area contributed by atoms with Crippen molar-refractivity contribution in [2.24, 2.45) is 0 Å². The molecule has 0 aliphatic heterocycles. The van der Waals surface area contributed by atoms with E-state index in [0.717, 1.165) is 61.5 Å². The molecule has 2 aliphatic carbocycles. The Morgan fingerprint density at radius 3 is 2.72 bits per heavy atom. The number of aryl methyl sites for hydroxylation is 1. The molecule has 2 aliphatic rings. The second kappa shape index (κ2) is 6.90. The van der Waals surface area contributed by atoms with Gasteiger partial charge >= 0.3 is 11.6 Å². The van der Waals surface area contributed by atoms with E-state index in [1.165, 1.54) is 6.42 Å². The fourth-order valence-electron chi connectivity index (χ4n) is 3.90. The molecule has 1 saturated carbocycles. The summed E-state index contributed by atoms with van der Waals surface area (Å²) in [7, 11) is 0. The van der Waals surface area contributed by atoms with Crippen LogP contribution in [0.5, 0.6) is 5.75 Å². The van der Waals surface area contributed by atoms with E-state index in [1.807, 2.05) is 12.1 Å². The lowest BCUT2D eigenvalue weighted by atomic mass is 9.98. The molecular formula is C20H22O5. The van der Waals surface area contributed by atoms with Crippen molar-refractivity contribution in [1.82, 2.24) is 0 Å². The Labute approximate surface area is 145 Å². The van der Waals surface area contributed by atoms with Crippen molar-refractivity contribution in [3.63, 3.8) is 0 Å². The van der Waals surface area contributed by atoms with E-state index in [0.29, 0.717) is 11.3 Å². The summed E-state index contributed by atoms with van der Waals surface area (Å²) in [5.74, 6) is 0.164. The van der Waals surface area contributed by atoms with E-state index in [2.05, 4.69) is 0 Å². The number of fused-ring (bicyclic) bond motifs is 3. The highest BCUT2D eigenvalue weighted by Gasteiger charge is 2.20. The Hall–Kier alpha value is -2.30. The smallest absolute Gasteiger partial charge is 0.344 e. The topological polar surface area (TPSA) is 65.7 Å². The Morgan fingerprint density at radius 2 is 1.88 bits per heavy atom. The molecule has 25 heavy (non-hydrogen) atoms. The first-order chi connectivity index (χ1) is 12.2. The normalized spacial score (nSPS) is 17.4. The molecule has 2 aromatic rings. The number of rotatable bonds is 4. The predicted octanol–water partition coefficient (Wildman–Crippen LogP) is 3.54. The van der Waals surface area contributed by atoms with Gasteiger partial charge in [-0.25, -0.2) is 9.59 Å². The lowest BCUT2D eigenvalue weighted by molar-refractivity contribution is -0.152. The zero-order chi connectivity index (χ0) is 17.2. The largest absolute Gasteiger partial charge is 0.482 e. The molecule has 132 valence electrons. The summed E-state index contributed by atoms with van der Waals surface area (Å²) in [5.41, 5.74) is 2.16. The molecule has 0 amide bonds. The van der Waals surface area contributed by atoms with Crippen LogP contribution < -0.4 is 10.4 Å². The van der Waals surface area contributed by atoms with Gasteiger partial charge in [-0.3, -0.25) is 0 Å². The molecule has 0 unspecified atom stereocenters. The molecule has 0 saturated heterocycles. The molecule has 0 bridgehead atoms. The second-order valence-electron chi connectivity index (χ2n) is 6.90. The highest BCUT2D eigenvalue weighted by molar-refractivity contribution is 5.83. The Morgan fingerprint density at radius 1 is 1.08 bits per heavy atom. The number of hydrogen-bond acceptors (Lipinski definition) is 5. The van der Waals surface area contributed by atoms with E-state index in [1.54, 1.807) is 6.07 Å². The molecule has 1 aromatic carbocycles. The second-order valence-corrected chi connectivity index (χ2v) is 6.90. The molecule has 1 aromatic heterocycles. The first kappa shape index (κ1) is 16.2. The maximum atomic E-state index is 12.0. The summed E-state index contributed by atoms with van der Waals surface area (Å²) in [5, 5.41) is 0.962. The fourth-order valence-corrected chi connectivity index (χ4v) is 3.90. The van der Waals surface area contributed by atoms with Gasteiger partial charge in [0.2, 0.25) is 0 Å². The molecule has 4 rings (SSSR count). The summed E-state index contributed by atoms with van der Waals surface area (Å²) in [6, 6.07) is 5.41. The SMILES string of the molecule is O=C(COc1ccc2c3c(c(=O)oc2c1)CCC3)OC1CCCCC1. The number of benzene rings is 1. The minimum atomic E-state index is -0.345. The van der Waals surface area contributed by atoms with Crippen LogP contribution in [-0.2, 0) is 22.4 Å². The quantitative estimate of drug-likeness (QED) is 0.628. The van der Waals surface area contributed by atoms with Gasteiger partial charge in [0.25, 0.3) is 0 Å². The van der Waals surface area contributed by atoms with Crippen LogP contribution in [0.4, 0.5) is 0 Å². The van der Waals surface area contributed by atoms with Crippen molar-refractivity contribution in [1.29, 1.82) is 0 Å². The van der Waals surface area contributed by atoms with Crippen molar-refractivity contribution in [3.05, 3.63) is 39.7 Å². The van der Waals surface area contributed by atoms with Crippen molar-refractivity contribution in [3.8, 4) is 5.75 Å². The molecule has 1 heterocycles. The molecule has 5 nitrogen and oxygen atoms in total. The molecule has 0 radical (unpaired) electrons. The third-order valence-electron chi connectivity index (χ3n) is 5.15. The fraction of sp³-hybridized carbons (Fsp3) is 0.500. The number of hydrogen-bond donors (Lipinski definition) is 0. The van der Waals surface area contributed by atoms with Crippen LogP contribution in [0.1, 0.15) is 49.7 Å². The van der Waals surface area contributed by atoms with E-state index in [9.17, 15) is 9.59 Å². The minimum Gasteiger partial charge on any atom is -0.482 e. The third-order valence-corrected chi connectivity index (χ3v) is 5.15.